The number of sulfone groups is 2. The Morgan fingerprint density at radius 3 is 1.15 bits per heavy atom. The predicted molar refractivity (Wildman–Crippen MR) is 76.4 cm³/mol. The van der Waals surface area contributed by atoms with Gasteiger partial charge in [0.25, 0.3) is 0 Å². The second-order valence-corrected chi connectivity index (χ2v) is 7.66. The van der Waals surface area contributed by atoms with Crippen LogP contribution in [0.25, 0.3) is 0 Å². The van der Waals surface area contributed by atoms with E-state index in [9.17, 15) is 16.8 Å². The van der Waals surface area contributed by atoms with Crippen LogP contribution in [0.1, 0.15) is 0 Å². The lowest BCUT2D eigenvalue weighted by Gasteiger charge is -2.00. The lowest BCUT2D eigenvalue weighted by molar-refractivity contribution is 0.600. The van der Waals surface area contributed by atoms with Crippen molar-refractivity contribution in [3.05, 3.63) is 71.5 Å². The van der Waals surface area contributed by atoms with Gasteiger partial charge in [-0.15, -0.1) is 0 Å². The zero-order chi connectivity index (χ0) is 14.6. The minimum atomic E-state index is -3.76. The Morgan fingerprint density at radius 1 is 0.550 bits per heavy atom. The van der Waals surface area contributed by atoms with Crippen LogP contribution in [0.3, 0.4) is 0 Å². The minimum Gasteiger partial charge on any atom is -0.219 e. The van der Waals surface area contributed by atoms with Crippen LogP contribution >= 0.6 is 0 Å². The molecule has 0 radical (unpaired) electrons. The van der Waals surface area contributed by atoms with Crippen LogP contribution in [-0.2, 0) is 19.7 Å². The molecular weight excluding hydrogens is 296 g/mol. The van der Waals surface area contributed by atoms with Crippen molar-refractivity contribution in [3.63, 3.8) is 0 Å². The molecule has 2 aromatic carbocycles. The highest BCUT2D eigenvalue weighted by molar-refractivity contribution is 7.97. The van der Waals surface area contributed by atoms with E-state index in [-0.39, 0.29) is 9.79 Å². The molecule has 104 valence electrons. The monoisotopic (exact) mass is 308 g/mol. The molecule has 0 atom stereocenters. The Kier molecular flexibility index (Phi) is 4.06. The molecule has 0 bridgehead atoms. The Balaban J connectivity index is 2.35. The number of rotatable bonds is 4. The first-order valence-corrected chi connectivity index (χ1v) is 8.79. The fourth-order valence-corrected chi connectivity index (χ4v) is 4.08. The van der Waals surface area contributed by atoms with E-state index in [2.05, 4.69) is 0 Å². The normalized spacial score (nSPS) is 12.6. The highest BCUT2D eigenvalue weighted by atomic mass is 32.2. The van der Waals surface area contributed by atoms with Gasteiger partial charge in [0.1, 0.15) is 0 Å². The van der Waals surface area contributed by atoms with Crippen LogP contribution in [0.15, 0.2) is 81.3 Å². The summed E-state index contributed by atoms with van der Waals surface area (Å²) in [6, 6.07) is 15.3. The lowest BCUT2D eigenvalue weighted by atomic mass is 10.4. The molecule has 0 fully saturated rings. The summed E-state index contributed by atoms with van der Waals surface area (Å²) in [5.41, 5.74) is 0. The topological polar surface area (TPSA) is 68.3 Å². The fourth-order valence-electron chi connectivity index (χ4n) is 1.52. The van der Waals surface area contributed by atoms with Gasteiger partial charge in [-0.3, -0.25) is 0 Å². The molecule has 0 unspecified atom stereocenters. The Hall–Kier alpha value is -1.92. The third kappa shape index (κ3) is 3.34. The summed E-state index contributed by atoms with van der Waals surface area (Å²) in [6.07, 6.45) is 0. The number of benzene rings is 2. The Labute approximate surface area is 118 Å². The first-order chi connectivity index (χ1) is 9.42. The summed E-state index contributed by atoms with van der Waals surface area (Å²) in [6.45, 7) is 0. The average Bonchev–Trinajstić information content (AvgIpc) is 2.47. The predicted octanol–water partition coefficient (Wildman–Crippen LogP) is 2.41. The molecular formula is C14H12O4S2. The van der Waals surface area contributed by atoms with E-state index in [0.717, 1.165) is 0 Å². The van der Waals surface area contributed by atoms with Crippen molar-refractivity contribution in [2.24, 2.45) is 0 Å². The van der Waals surface area contributed by atoms with Crippen LogP contribution in [0.4, 0.5) is 0 Å². The van der Waals surface area contributed by atoms with Crippen LogP contribution in [0.5, 0.6) is 0 Å². The second-order valence-electron chi connectivity index (χ2n) is 3.99. The third-order valence-corrected chi connectivity index (χ3v) is 5.58. The SMILES string of the molecule is O=S(=O)(/C=C\S(=O)(=O)c1ccccc1)c1ccccc1. The molecule has 20 heavy (non-hydrogen) atoms. The van der Waals surface area contributed by atoms with Gasteiger partial charge in [0.2, 0.25) is 19.7 Å². The van der Waals surface area contributed by atoms with Crippen LogP contribution in [0.2, 0.25) is 0 Å². The molecule has 6 heteroatoms. The smallest absolute Gasteiger partial charge is 0.200 e. The molecule has 0 heterocycles. The quantitative estimate of drug-likeness (QED) is 0.870. The van der Waals surface area contributed by atoms with Gasteiger partial charge in [-0.2, -0.15) is 0 Å². The minimum absolute atomic E-state index is 0.0551. The molecule has 0 amide bonds. The lowest BCUT2D eigenvalue weighted by Crippen LogP contribution is -2.00. The molecule has 0 aliphatic rings. The van der Waals surface area contributed by atoms with E-state index in [1.165, 1.54) is 24.3 Å². The van der Waals surface area contributed by atoms with E-state index >= 15 is 0 Å². The maximum atomic E-state index is 12.0. The zero-order valence-electron chi connectivity index (χ0n) is 10.4. The van der Waals surface area contributed by atoms with Crippen molar-refractivity contribution in [3.8, 4) is 0 Å². The Morgan fingerprint density at radius 2 is 0.850 bits per heavy atom. The fraction of sp³-hybridized carbons (Fsp3) is 0. The van der Waals surface area contributed by atoms with Gasteiger partial charge in [0.15, 0.2) is 0 Å². The molecule has 2 rings (SSSR count). The highest BCUT2D eigenvalue weighted by Gasteiger charge is 2.14. The summed E-state index contributed by atoms with van der Waals surface area (Å²) in [5, 5.41) is 1.43. The summed E-state index contributed by atoms with van der Waals surface area (Å²) >= 11 is 0. The first-order valence-electron chi connectivity index (χ1n) is 5.70. The standard InChI is InChI=1S/C14H12O4S2/c15-19(16,13-7-3-1-4-8-13)11-12-20(17,18)14-9-5-2-6-10-14/h1-12H/b12-11-. The molecule has 0 N–H and O–H groups in total. The molecule has 4 nitrogen and oxygen atoms in total. The molecule has 0 spiro atoms. The molecule has 0 aliphatic carbocycles. The third-order valence-electron chi connectivity index (χ3n) is 2.56. The van der Waals surface area contributed by atoms with E-state index < -0.39 is 19.7 Å². The largest absolute Gasteiger partial charge is 0.219 e. The van der Waals surface area contributed by atoms with Gasteiger partial charge in [-0.1, -0.05) is 36.4 Å². The summed E-state index contributed by atoms with van der Waals surface area (Å²) in [4.78, 5) is 0.110. The van der Waals surface area contributed by atoms with Gasteiger partial charge < -0.3 is 0 Å². The molecule has 0 aromatic heterocycles. The van der Waals surface area contributed by atoms with Crippen molar-refractivity contribution < 1.29 is 16.8 Å². The van der Waals surface area contributed by atoms with Gasteiger partial charge in [0.05, 0.1) is 9.79 Å². The van der Waals surface area contributed by atoms with E-state index in [4.69, 9.17) is 0 Å². The number of hydrogen-bond acceptors (Lipinski definition) is 4. The Bertz CT molecular complexity index is 734. The van der Waals surface area contributed by atoms with Crippen molar-refractivity contribution in [2.45, 2.75) is 9.79 Å². The van der Waals surface area contributed by atoms with Crippen LogP contribution in [-0.4, -0.2) is 16.8 Å². The maximum Gasteiger partial charge on any atom is 0.200 e. The summed E-state index contributed by atoms with van der Waals surface area (Å²) < 4.78 is 47.8. The van der Waals surface area contributed by atoms with Gasteiger partial charge >= 0.3 is 0 Å². The highest BCUT2D eigenvalue weighted by Crippen LogP contribution is 2.15. The van der Waals surface area contributed by atoms with E-state index in [0.29, 0.717) is 10.8 Å². The van der Waals surface area contributed by atoms with Crippen molar-refractivity contribution in [2.75, 3.05) is 0 Å². The van der Waals surface area contributed by atoms with Crippen molar-refractivity contribution in [1.29, 1.82) is 0 Å². The van der Waals surface area contributed by atoms with Gasteiger partial charge in [-0.25, -0.2) is 16.8 Å². The van der Waals surface area contributed by atoms with Crippen LogP contribution in [0, 0.1) is 0 Å². The maximum absolute atomic E-state index is 12.0. The van der Waals surface area contributed by atoms with E-state index in [1.54, 1.807) is 36.4 Å². The number of hydrogen-bond donors (Lipinski definition) is 0. The molecule has 0 saturated heterocycles. The van der Waals surface area contributed by atoms with Crippen molar-refractivity contribution >= 4 is 19.7 Å². The van der Waals surface area contributed by atoms with Gasteiger partial charge in [0, 0.05) is 10.8 Å². The summed E-state index contributed by atoms with van der Waals surface area (Å²) in [5.74, 6) is 0. The molecule has 2 aromatic rings. The first kappa shape index (κ1) is 14.5. The van der Waals surface area contributed by atoms with Gasteiger partial charge in [-0.05, 0) is 24.3 Å². The molecule has 0 aliphatic heterocycles. The second kappa shape index (κ2) is 5.60. The average molecular weight is 308 g/mol. The van der Waals surface area contributed by atoms with Crippen molar-refractivity contribution in [1.82, 2.24) is 0 Å². The molecule has 0 saturated carbocycles. The zero-order valence-corrected chi connectivity index (χ0v) is 12.0. The van der Waals surface area contributed by atoms with E-state index in [1.807, 2.05) is 0 Å². The van der Waals surface area contributed by atoms with Crippen LogP contribution < -0.4 is 0 Å². The summed E-state index contributed by atoms with van der Waals surface area (Å²) in [7, 11) is -7.52.